The van der Waals surface area contributed by atoms with Gasteiger partial charge in [0.2, 0.25) is 0 Å². The van der Waals surface area contributed by atoms with Crippen LogP contribution in [0.2, 0.25) is 0 Å². The van der Waals surface area contributed by atoms with E-state index in [1.54, 1.807) is 16.8 Å². The minimum atomic E-state index is -0.889. The van der Waals surface area contributed by atoms with Crippen LogP contribution in [0, 0.1) is 11.7 Å². The first kappa shape index (κ1) is 26.7. The van der Waals surface area contributed by atoms with Gasteiger partial charge in [-0.15, -0.1) is 0 Å². The van der Waals surface area contributed by atoms with Gasteiger partial charge < -0.3 is 14.7 Å². The lowest BCUT2D eigenvalue weighted by molar-refractivity contribution is -0.151. The second-order valence-electron chi connectivity index (χ2n) is 10.9. The topological polar surface area (TPSA) is 84.7 Å². The summed E-state index contributed by atoms with van der Waals surface area (Å²) in [5.74, 6) is -0.756. The van der Waals surface area contributed by atoms with Gasteiger partial charge in [0.05, 0.1) is 17.3 Å². The van der Waals surface area contributed by atoms with Crippen LogP contribution < -0.4 is 0 Å². The Morgan fingerprint density at radius 1 is 0.927 bits per heavy atom. The summed E-state index contributed by atoms with van der Waals surface area (Å²) in [6.45, 7) is 1.23. The zero-order valence-corrected chi connectivity index (χ0v) is 22.7. The summed E-state index contributed by atoms with van der Waals surface area (Å²) in [7, 11) is 0. The van der Waals surface area contributed by atoms with Crippen LogP contribution in [-0.4, -0.2) is 44.9 Å². The van der Waals surface area contributed by atoms with Gasteiger partial charge in [0, 0.05) is 36.7 Å². The Balaban J connectivity index is 1.30. The van der Waals surface area contributed by atoms with Crippen molar-refractivity contribution in [3.05, 3.63) is 108 Å². The van der Waals surface area contributed by atoms with E-state index in [2.05, 4.69) is 0 Å². The number of esters is 1. The molecule has 1 aliphatic heterocycles. The van der Waals surface area contributed by atoms with Crippen LogP contribution in [0.1, 0.15) is 54.3 Å². The van der Waals surface area contributed by atoms with Crippen LogP contribution in [0.3, 0.4) is 0 Å². The molecule has 2 atom stereocenters. The zero-order chi connectivity index (χ0) is 28.3. The minimum Gasteiger partial charge on any atom is -0.465 e. The first-order chi connectivity index (χ1) is 20.0. The lowest BCUT2D eigenvalue weighted by Crippen LogP contribution is -2.47. The van der Waals surface area contributed by atoms with Crippen LogP contribution in [0.5, 0.6) is 0 Å². The number of carbonyl (C=O) groups is 2. The fourth-order valence-corrected chi connectivity index (χ4v) is 5.97. The Kier molecular flexibility index (Phi) is 7.55. The molecule has 1 saturated heterocycles. The SMILES string of the molecule is O=C(OCc1ccccc1)[C@@H]1CCCC[C@H]1c1nn(-c2ccc(F)cc2)cc1-c1ccc(C2CN(C(=O)O)C2)cc1. The molecule has 0 spiro atoms. The summed E-state index contributed by atoms with van der Waals surface area (Å²) in [5, 5.41) is 14.2. The summed E-state index contributed by atoms with van der Waals surface area (Å²) in [6.07, 6.45) is 4.58. The van der Waals surface area contributed by atoms with E-state index < -0.39 is 6.09 Å². The van der Waals surface area contributed by atoms with Crippen molar-refractivity contribution >= 4 is 12.1 Å². The molecule has 7 nitrogen and oxygen atoms in total. The number of ether oxygens (including phenoxy) is 1. The molecule has 1 saturated carbocycles. The van der Waals surface area contributed by atoms with Crippen molar-refractivity contribution in [1.29, 1.82) is 0 Å². The Morgan fingerprint density at radius 2 is 1.63 bits per heavy atom. The average Bonchev–Trinajstić information content (AvgIpc) is 3.41. The Hall–Kier alpha value is -4.46. The first-order valence-electron chi connectivity index (χ1n) is 14.1. The number of hydrogen-bond donors (Lipinski definition) is 1. The first-order valence-corrected chi connectivity index (χ1v) is 14.1. The molecule has 210 valence electrons. The van der Waals surface area contributed by atoms with E-state index >= 15 is 0 Å². The number of hydrogen-bond acceptors (Lipinski definition) is 4. The fraction of sp³-hybridized carbons (Fsp3) is 0.303. The predicted molar refractivity (Wildman–Crippen MR) is 152 cm³/mol. The molecule has 0 unspecified atom stereocenters. The maximum absolute atomic E-state index is 13.7. The molecule has 0 radical (unpaired) electrons. The largest absolute Gasteiger partial charge is 0.465 e. The lowest BCUT2D eigenvalue weighted by atomic mass is 9.76. The van der Waals surface area contributed by atoms with Crippen molar-refractivity contribution in [2.45, 2.75) is 44.1 Å². The van der Waals surface area contributed by atoms with Crippen LogP contribution in [0.25, 0.3) is 16.8 Å². The molecular formula is C33H32FN3O4. The van der Waals surface area contributed by atoms with E-state index in [-0.39, 0.29) is 36.1 Å². The van der Waals surface area contributed by atoms with E-state index in [4.69, 9.17) is 9.84 Å². The number of aromatic nitrogens is 2. The number of nitrogens with zero attached hydrogens (tertiary/aromatic N) is 3. The summed E-state index contributed by atoms with van der Waals surface area (Å²) in [5.41, 5.74) is 5.51. The summed E-state index contributed by atoms with van der Waals surface area (Å²) >= 11 is 0. The number of rotatable bonds is 7. The molecule has 6 rings (SSSR count). The number of benzene rings is 3. The highest BCUT2D eigenvalue weighted by Gasteiger charge is 2.37. The number of amides is 1. The van der Waals surface area contributed by atoms with E-state index in [9.17, 15) is 19.1 Å². The smallest absolute Gasteiger partial charge is 0.407 e. The van der Waals surface area contributed by atoms with Gasteiger partial charge in [0.15, 0.2) is 0 Å². The van der Waals surface area contributed by atoms with Gasteiger partial charge in [-0.05, 0) is 53.8 Å². The quantitative estimate of drug-likeness (QED) is 0.255. The fourth-order valence-electron chi connectivity index (χ4n) is 5.97. The van der Waals surface area contributed by atoms with Crippen molar-refractivity contribution in [2.75, 3.05) is 13.1 Å². The molecule has 1 amide bonds. The Morgan fingerprint density at radius 3 is 2.34 bits per heavy atom. The number of likely N-dealkylation sites (tertiary alicyclic amines) is 1. The molecule has 2 fully saturated rings. The van der Waals surface area contributed by atoms with Crippen LogP contribution in [0.15, 0.2) is 85.1 Å². The number of carbonyl (C=O) groups excluding carboxylic acids is 1. The van der Waals surface area contributed by atoms with Crippen LogP contribution in [0.4, 0.5) is 9.18 Å². The molecular weight excluding hydrogens is 521 g/mol. The zero-order valence-electron chi connectivity index (χ0n) is 22.7. The van der Waals surface area contributed by atoms with Gasteiger partial charge in [0.25, 0.3) is 0 Å². The molecule has 41 heavy (non-hydrogen) atoms. The van der Waals surface area contributed by atoms with Gasteiger partial charge in [0.1, 0.15) is 12.4 Å². The van der Waals surface area contributed by atoms with E-state index in [1.807, 2.05) is 60.8 Å². The molecule has 2 aliphatic rings. The van der Waals surface area contributed by atoms with E-state index in [0.717, 1.165) is 59.3 Å². The normalized spacial score (nSPS) is 19.0. The third-order valence-corrected chi connectivity index (χ3v) is 8.32. The lowest BCUT2D eigenvalue weighted by Gasteiger charge is -2.37. The van der Waals surface area contributed by atoms with Gasteiger partial charge in [-0.25, -0.2) is 13.9 Å². The van der Waals surface area contributed by atoms with Crippen molar-refractivity contribution in [3.63, 3.8) is 0 Å². The predicted octanol–water partition coefficient (Wildman–Crippen LogP) is 6.77. The number of carboxylic acid groups (broad SMARTS) is 1. The Labute approximate surface area is 238 Å². The molecule has 0 bridgehead atoms. The van der Waals surface area contributed by atoms with Gasteiger partial charge >= 0.3 is 12.1 Å². The maximum Gasteiger partial charge on any atom is 0.407 e. The van der Waals surface area contributed by atoms with Crippen molar-refractivity contribution < 1.29 is 23.8 Å². The number of halogens is 1. The summed E-state index contributed by atoms with van der Waals surface area (Å²) in [4.78, 5) is 26.0. The van der Waals surface area contributed by atoms with E-state index in [0.29, 0.717) is 13.1 Å². The van der Waals surface area contributed by atoms with E-state index in [1.165, 1.54) is 17.0 Å². The summed E-state index contributed by atoms with van der Waals surface area (Å²) in [6, 6.07) is 24.1. The molecule has 1 aliphatic carbocycles. The average molecular weight is 554 g/mol. The van der Waals surface area contributed by atoms with Crippen molar-refractivity contribution in [2.24, 2.45) is 5.92 Å². The van der Waals surface area contributed by atoms with Crippen molar-refractivity contribution in [3.8, 4) is 16.8 Å². The second-order valence-corrected chi connectivity index (χ2v) is 10.9. The van der Waals surface area contributed by atoms with Crippen LogP contribution in [-0.2, 0) is 16.1 Å². The molecule has 1 aromatic heterocycles. The molecule has 2 heterocycles. The molecule has 4 aromatic rings. The third kappa shape index (κ3) is 5.73. The van der Waals surface area contributed by atoms with Gasteiger partial charge in [-0.3, -0.25) is 4.79 Å². The second kappa shape index (κ2) is 11.6. The monoisotopic (exact) mass is 553 g/mol. The third-order valence-electron chi connectivity index (χ3n) is 8.32. The standard InChI is InChI=1S/C33H32FN3O4/c34-26-14-16-27(17-15-26)37-20-30(24-12-10-23(11-13-24)25-18-36(19-25)33(39)40)31(35-37)28-8-4-5-9-29(28)32(38)41-21-22-6-2-1-3-7-22/h1-3,6-7,10-17,20,25,28-29H,4-5,8-9,18-19,21H2,(H,39,40)/t28-,29-/m1/s1. The van der Waals surface area contributed by atoms with Gasteiger partial charge in [-0.1, -0.05) is 67.4 Å². The van der Waals surface area contributed by atoms with Crippen molar-refractivity contribution in [1.82, 2.24) is 14.7 Å². The minimum absolute atomic E-state index is 0.112. The summed E-state index contributed by atoms with van der Waals surface area (Å²) < 4.78 is 21.2. The highest BCUT2D eigenvalue weighted by Crippen LogP contribution is 2.42. The highest BCUT2D eigenvalue weighted by molar-refractivity contribution is 5.75. The molecule has 8 heteroatoms. The maximum atomic E-state index is 13.7. The van der Waals surface area contributed by atoms with Gasteiger partial charge in [-0.2, -0.15) is 5.10 Å². The highest BCUT2D eigenvalue weighted by atomic mass is 19.1. The van der Waals surface area contributed by atoms with Crippen LogP contribution >= 0.6 is 0 Å². The Bertz CT molecular complexity index is 1510. The molecule has 1 N–H and O–H groups in total. The molecule has 3 aromatic carbocycles.